The molecule has 0 aromatic heterocycles. The van der Waals surface area contributed by atoms with Crippen LogP contribution in [0.2, 0.25) is 0 Å². The lowest BCUT2D eigenvalue weighted by atomic mass is 9.85. The first-order valence-corrected chi connectivity index (χ1v) is 11.9. The Bertz CT molecular complexity index is 495. The summed E-state index contributed by atoms with van der Waals surface area (Å²) in [4.78, 5) is 19.2. The molecule has 0 atom stereocenters. The molecule has 2 aliphatic rings. The van der Waals surface area contributed by atoms with E-state index in [0.29, 0.717) is 12.6 Å². The summed E-state index contributed by atoms with van der Waals surface area (Å²) in [5.74, 6) is 1.07. The summed E-state index contributed by atoms with van der Waals surface area (Å²) in [7, 11) is 3.71. The third-order valence-electron chi connectivity index (χ3n) is 6.32. The van der Waals surface area contributed by atoms with E-state index < -0.39 is 0 Å². The molecule has 6 heteroatoms. The number of carbonyl (C=O) groups excluding carboxylic acids is 1. The zero-order chi connectivity index (χ0) is 21.0. The van der Waals surface area contributed by atoms with Gasteiger partial charge in [-0.05, 0) is 51.9 Å². The Morgan fingerprint density at radius 1 is 1.03 bits per heavy atom. The summed E-state index contributed by atoms with van der Waals surface area (Å²) >= 11 is 0. The molecule has 0 saturated heterocycles. The SMILES string of the molecule is CCNC(=NCC1(C(=O)N(C)C)CCCC1)NCCCCCOC1CCCCC1. The normalized spacial score (nSPS) is 19.9. The summed E-state index contributed by atoms with van der Waals surface area (Å²) in [5.41, 5.74) is -0.303. The minimum absolute atomic E-state index is 0.229. The van der Waals surface area contributed by atoms with E-state index in [-0.39, 0.29) is 11.3 Å². The summed E-state index contributed by atoms with van der Waals surface area (Å²) in [6, 6.07) is 0. The minimum Gasteiger partial charge on any atom is -0.378 e. The fourth-order valence-electron chi connectivity index (χ4n) is 4.63. The standard InChI is InChI=1S/C23H44N4O2/c1-4-24-22(26-19-23(15-9-10-16-23)21(28)27(2)3)25-17-11-6-12-18-29-20-13-7-5-8-14-20/h20H,4-19H2,1-3H3,(H2,24,25,26). The van der Waals surface area contributed by atoms with Crippen LogP contribution in [-0.2, 0) is 9.53 Å². The molecule has 2 aliphatic carbocycles. The molecule has 2 N–H and O–H groups in total. The second kappa shape index (κ2) is 13.1. The van der Waals surface area contributed by atoms with Crippen molar-refractivity contribution in [3.8, 4) is 0 Å². The molecule has 0 aromatic carbocycles. The van der Waals surface area contributed by atoms with Gasteiger partial charge in [-0.2, -0.15) is 0 Å². The molecule has 0 aliphatic heterocycles. The third-order valence-corrected chi connectivity index (χ3v) is 6.32. The number of hydrogen-bond donors (Lipinski definition) is 2. The molecule has 29 heavy (non-hydrogen) atoms. The monoisotopic (exact) mass is 408 g/mol. The summed E-state index contributed by atoms with van der Waals surface area (Å²) < 4.78 is 6.01. The van der Waals surface area contributed by atoms with Gasteiger partial charge in [0.1, 0.15) is 0 Å². The maximum Gasteiger partial charge on any atom is 0.230 e. The van der Waals surface area contributed by atoms with Crippen molar-refractivity contribution in [1.82, 2.24) is 15.5 Å². The van der Waals surface area contributed by atoms with E-state index in [9.17, 15) is 4.79 Å². The van der Waals surface area contributed by atoms with E-state index in [0.717, 1.165) is 64.2 Å². The highest BCUT2D eigenvalue weighted by Crippen LogP contribution is 2.39. The molecule has 0 spiro atoms. The molecular weight excluding hydrogens is 364 g/mol. The fourth-order valence-corrected chi connectivity index (χ4v) is 4.63. The molecule has 2 rings (SSSR count). The number of unbranched alkanes of at least 4 members (excludes halogenated alkanes) is 2. The van der Waals surface area contributed by atoms with Crippen LogP contribution < -0.4 is 10.6 Å². The van der Waals surface area contributed by atoms with Gasteiger partial charge in [-0.25, -0.2) is 0 Å². The lowest BCUT2D eigenvalue weighted by Gasteiger charge is -2.29. The molecule has 0 radical (unpaired) electrons. The second-order valence-corrected chi connectivity index (χ2v) is 9.00. The molecule has 0 unspecified atom stereocenters. The molecular formula is C23H44N4O2. The zero-order valence-electron chi connectivity index (χ0n) is 19.1. The first kappa shape index (κ1) is 24.0. The lowest BCUT2D eigenvalue weighted by Crippen LogP contribution is -2.43. The summed E-state index contributed by atoms with van der Waals surface area (Å²) in [5, 5.41) is 6.77. The van der Waals surface area contributed by atoms with Crippen LogP contribution in [0, 0.1) is 5.41 Å². The average Bonchev–Trinajstić information content (AvgIpc) is 3.21. The maximum atomic E-state index is 12.7. The Labute approximate surface area is 178 Å². The number of guanidine groups is 1. The summed E-state index contributed by atoms with van der Waals surface area (Å²) in [6.07, 6.45) is 14.6. The van der Waals surface area contributed by atoms with Crippen molar-refractivity contribution in [3.05, 3.63) is 0 Å². The molecule has 168 valence electrons. The van der Waals surface area contributed by atoms with E-state index in [1.807, 2.05) is 14.1 Å². The van der Waals surface area contributed by atoms with Gasteiger partial charge in [-0.15, -0.1) is 0 Å². The highest BCUT2D eigenvalue weighted by Gasteiger charge is 2.42. The van der Waals surface area contributed by atoms with Crippen LogP contribution in [0.5, 0.6) is 0 Å². The molecule has 0 heterocycles. The van der Waals surface area contributed by atoms with Gasteiger partial charge >= 0.3 is 0 Å². The van der Waals surface area contributed by atoms with E-state index in [2.05, 4.69) is 17.6 Å². The van der Waals surface area contributed by atoms with E-state index in [1.165, 1.54) is 38.5 Å². The van der Waals surface area contributed by atoms with E-state index in [4.69, 9.17) is 9.73 Å². The molecule has 2 saturated carbocycles. The predicted octanol–water partition coefficient (Wildman–Crippen LogP) is 3.71. The van der Waals surface area contributed by atoms with Gasteiger partial charge in [0.05, 0.1) is 18.1 Å². The molecule has 0 aromatic rings. The van der Waals surface area contributed by atoms with E-state index >= 15 is 0 Å². The van der Waals surface area contributed by atoms with Gasteiger partial charge in [0, 0.05) is 33.8 Å². The first-order valence-electron chi connectivity index (χ1n) is 11.9. The minimum atomic E-state index is -0.303. The Kier molecular flexibility index (Phi) is 10.8. The third kappa shape index (κ3) is 8.15. The van der Waals surface area contributed by atoms with Gasteiger partial charge in [0.2, 0.25) is 5.91 Å². The quantitative estimate of drug-likeness (QED) is 0.311. The highest BCUT2D eigenvalue weighted by molar-refractivity contribution is 5.84. The van der Waals surface area contributed by atoms with Crippen molar-refractivity contribution in [2.45, 2.75) is 90.1 Å². The van der Waals surface area contributed by atoms with Crippen molar-refractivity contribution in [3.63, 3.8) is 0 Å². The van der Waals surface area contributed by atoms with Crippen molar-refractivity contribution in [1.29, 1.82) is 0 Å². The molecule has 0 bridgehead atoms. The van der Waals surface area contributed by atoms with Gasteiger partial charge < -0.3 is 20.3 Å². The van der Waals surface area contributed by atoms with Gasteiger partial charge in [-0.3, -0.25) is 9.79 Å². The van der Waals surface area contributed by atoms with Crippen LogP contribution in [0.3, 0.4) is 0 Å². The first-order chi connectivity index (χ1) is 14.1. The highest BCUT2D eigenvalue weighted by atomic mass is 16.5. The van der Waals surface area contributed by atoms with Crippen LogP contribution in [0.1, 0.15) is 84.0 Å². The smallest absolute Gasteiger partial charge is 0.230 e. The predicted molar refractivity (Wildman–Crippen MR) is 120 cm³/mol. The maximum absolute atomic E-state index is 12.7. The van der Waals surface area contributed by atoms with Crippen LogP contribution in [0.4, 0.5) is 0 Å². The van der Waals surface area contributed by atoms with Crippen molar-refractivity contribution in [2.24, 2.45) is 10.4 Å². The Morgan fingerprint density at radius 2 is 1.76 bits per heavy atom. The number of carbonyl (C=O) groups is 1. The van der Waals surface area contributed by atoms with Crippen LogP contribution in [-0.4, -0.2) is 63.2 Å². The van der Waals surface area contributed by atoms with Crippen LogP contribution >= 0.6 is 0 Å². The van der Waals surface area contributed by atoms with E-state index in [1.54, 1.807) is 4.90 Å². The zero-order valence-corrected chi connectivity index (χ0v) is 19.1. The number of rotatable bonds is 11. The number of nitrogens with one attached hydrogen (secondary N) is 2. The van der Waals surface area contributed by atoms with Crippen molar-refractivity contribution in [2.75, 3.05) is 40.3 Å². The van der Waals surface area contributed by atoms with Gasteiger partial charge in [0.15, 0.2) is 5.96 Å². The number of aliphatic imine (C=N–C) groups is 1. The number of ether oxygens (including phenoxy) is 1. The Balaban J connectivity index is 1.68. The molecule has 1 amide bonds. The van der Waals surface area contributed by atoms with Gasteiger partial charge in [-0.1, -0.05) is 32.1 Å². The topological polar surface area (TPSA) is 66.0 Å². The molecule has 6 nitrogen and oxygen atoms in total. The molecule has 2 fully saturated rings. The lowest BCUT2D eigenvalue weighted by molar-refractivity contribution is -0.138. The van der Waals surface area contributed by atoms with Gasteiger partial charge in [0.25, 0.3) is 0 Å². The fraction of sp³-hybridized carbons (Fsp3) is 0.913. The van der Waals surface area contributed by atoms with Crippen molar-refractivity contribution < 1.29 is 9.53 Å². The largest absolute Gasteiger partial charge is 0.378 e. The number of nitrogens with zero attached hydrogens (tertiary/aromatic N) is 2. The number of hydrogen-bond acceptors (Lipinski definition) is 3. The van der Waals surface area contributed by atoms with Crippen LogP contribution in [0.25, 0.3) is 0 Å². The Hall–Kier alpha value is -1.30. The second-order valence-electron chi connectivity index (χ2n) is 9.00. The number of amides is 1. The Morgan fingerprint density at radius 3 is 2.41 bits per heavy atom. The summed E-state index contributed by atoms with van der Waals surface area (Å²) in [6.45, 7) is 5.29. The average molecular weight is 409 g/mol. The van der Waals surface area contributed by atoms with Crippen LogP contribution in [0.15, 0.2) is 4.99 Å². The van der Waals surface area contributed by atoms with Crippen molar-refractivity contribution >= 4 is 11.9 Å².